The van der Waals surface area contributed by atoms with E-state index in [1.165, 1.54) is 5.56 Å². The SMILES string of the molecule is Cc1cccnc1CNC(C)CC#N. The molecule has 0 aromatic carbocycles. The van der Waals surface area contributed by atoms with E-state index in [2.05, 4.69) is 16.4 Å². The van der Waals surface area contributed by atoms with Crippen LogP contribution in [0.2, 0.25) is 0 Å². The van der Waals surface area contributed by atoms with Crippen LogP contribution in [0.1, 0.15) is 24.6 Å². The average Bonchev–Trinajstić information content (AvgIpc) is 2.17. The standard InChI is InChI=1S/C11H15N3/c1-9-4-3-7-13-11(9)8-14-10(2)5-6-12/h3-4,7,10,14H,5,8H2,1-2H3. The molecule has 0 fully saturated rings. The van der Waals surface area contributed by atoms with Crippen molar-refractivity contribution < 1.29 is 0 Å². The molecule has 0 aliphatic rings. The molecule has 74 valence electrons. The summed E-state index contributed by atoms with van der Waals surface area (Å²) in [6.45, 7) is 4.77. The predicted molar refractivity (Wildman–Crippen MR) is 55.5 cm³/mol. The lowest BCUT2D eigenvalue weighted by Crippen LogP contribution is -2.25. The second kappa shape index (κ2) is 5.36. The van der Waals surface area contributed by atoms with Crippen molar-refractivity contribution in [2.24, 2.45) is 0 Å². The number of pyridine rings is 1. The van der Waals surface area contributed by atoms with Gasteiger partial charge in [-0.25, -0.2) is 0 Å². The second-order valence-corrected chi connectivity index (χ2v) is 3.41. The largest absolute Gasteiger partial charge is 0.308 e. The normalized spacial score (nSPS) is 12.1. The fourth-order valence-electron chi connectivity index (χ4n) is 1.18. The number of hydrogen-bond donors (Lipinski definition) is 1. The van der Waals surface area contributed by atoms with Crippen LogP contribution in [0, 0.1) is 18.3 Å². The molecule has 0 saturated heterocycles. The molecule has 0 amide bonds. The molecule has 0 spiro atoms. The summed E-state index contributed by atoms with van der Waals surface area (Å²) < 4.78 is 0. The Morgan fingerprint density at radius 3 is 3.07 bits per heavy atom. The fraction of sp³-hybridized carbons (Fsp3) is 0.455. The van der Waals surface area contributed by atoms with E-state index in [9.17, 15) is 0 Å². The van der Waals surface area contributed by atoms with E-state index in [-0.39, 0.29) is 6.04 Å². The van der Waals surface area contributed by atoms with Gasteiger partial charge in [0.05, 0.1) is 18.2 Å². The second-order valence-electron chi connectivity index (χ2n) is 3.41. The quantitative estimate of drug-likeness (QED) is 0.785. The Morgan fingerprint density at radius 2 is 2.43 bits per heavy atom. The number of aromatic nitrogens is 1. The minimum atomic E-state index is 0.224. The third-order valence-corrected chi connectivity index (χ3v) is 2.13. The maximum absolute atomic E-state index is 8.48. The van der Waals surface area contributed by atoms with Gasteiger partial charge in [0.1, 0.15) is 0 Å². The molecule has 0 saturated carbocycles. The Morgan fingerprint density at radius 1 is 1.64 bits per heavy atom. The van der Waals surface area contributed by atoms with E-state index >= 15 is 0 Å². The van der Waals surface area contributed by atoms with Crippen LogP contribution in [-0.4, -0.2) is 11.0 Å². The Balaban J connectivity index is 2.46. The Bertz CT molecular complexity index is 328. The summed E-state index contributed by atoms with van der Waals surface area (Å²) in [7, 11) is 0. The number of rotatable bonds is 4. The number of aryl methyl sites for hydroxylation is 1. The maximum atomic E-state index is 8.48. The molecule has 1 aromatic heterocycles. The first kappa shape index (κ1) is 10.7. The highest BCUT2D eigenvalue weighted by molar-refractivity contribution is 5.17. The average molecular weight is 189 g/mol. The molecule has 0 aliphatic heterocycles. The van der Waals surface area contributed by atoms with Gasteiger partial charge in [0, 0.05) is 18.8 Å². The monoisotopic (exact) mass is 189 g/mol. The molecule has 0 radical (unpaired) electrons. The van der Waals surface area contributed by atoms with Gasteiger partial charge in [-0.1, -0.05) is 6.07 Å². The molecule has 1 N–H and O–H groups in total. The van der Waals surface area contributed by atoms with E-state index in [1.807, 2.05) is 26.0 Å². The molecule has 1 atom stereocenters. The van der Waals surface area contributed by atoms with E-state index in [0.717, 1.165) is 12.2 Å². The van der Waals surface area contributed by atoms with Gasteiger partial charge >= 0.3 is 0 Å². The molecule has 1 rings (SSSR count). The lowest BCUT2D eigenvalue weighted by Gasteiger charge is -2.10. The van der Waals surface area contributed by atoms with Gasteiger partial charge in [0.15, 0.2) is 0 Å². The van der Waals surface area contributed by atoms with Crippen LogP contribution in [-0.2, 0) is 6.54 Å². The predicted octanol–water partition coefficient (Wildman–Crippen LogP) is 1.78. The van der Waals surface area contributed by atoms with Crippen LogP contribution < -0.4 is 5.32 Å². The van der Waals surface area contributed by atoms with Crippen molar-refractivity contribution in [2.45, 2.75) is 32.9 Å². The van der Waals surface area contributed by atoms with Gasteiger partial charge in [-0.2, -0.15) is 5.26 Å². The minimum Gasteiger partial charge on any atom is -0.308 e. The first-order valence-corrected chi connectivity index (χ1v) is 4.75. The third kappa shape index (κ3) is 3.15. The lowest BCUT2D eigenvalue weighted by molar-refractivity contribution is 0.550. The van der Waals surface area contributed by atoms with Crippen molar-refractivity contribution >= 4 is 0 Å². The summed E-state index contributed by atoms with van der Waals surface area (Å²) in [6, 6.07) is 6.33. The van der Waals surface area contributed by atoms with Crippen molar-refractivity contribution in [3.05, 3.63) is 29.6 Å². The first-order valence-electron chi connectivity index (χ1n) is 4.75. The minimum absolute atomic E-state index is 0.224. The highest BCUT2D eigenvalue weighted by Crippen LogP contribution is 2.03. The maximum Gasteiger partial charge on any atom is 0.0638 e. The van der Waals surface area contributed by atoms with Crippen molar-refractivity contribution in [2.75, 3.05) is 0 Å². The van der Waals surface area contributed by atoms with Gasteiger partial charge in [0.2, 0.25) is 0 Å². The van der Waals surface area contributed by atoms with Crippen LogP contribution in [0.3, 0.4) is 0 Å². The van der Waals surface area contributed by atoms with Crippen LogP contribution in [0.15, 0.2) is 18.3 Å². The topological polar surface area (TPSA) is 48.7 Å². The van der Waals surface area contributed by atoms with Crippen LogP contribution in [0.5, 0.6) is 0 Å². The molecule has 0 bridgehead atoms. The number of nitrogens with zero attached hydrogens (tertiary/aromatic N) is 2. The summed E-state index contributed by atoms with van der Waals surface area (Å²) in [4.78, 5) is 4.26. The Hall–Kier alpha value is -1.40. The summed E-state index contributed by atoms with van der Waals surface area (Å²) in [5, 5.41) is 11.7. The summed E-state index contributed by atoms with van der Waals surface area (Å²) in [5.41, 5.74) is 2.24. The zero-order chi connectivity index (χ0) is 10.4. The van der Waals surface area contributed by atoms with Crippen molar-refractivity contribution in [1.29, 1.82) is 5.26 Å². The Kier molecular flexibility index (Phi) is 4.09. The fourth-order valence-corrected chi connectivity index (χ4v) is 1.18. The number of nitrogens with one attached hydrogen (secondary N) is 1. The Labute approximate surface area is 84.8 Å². The first-order chi connectivity index (χ1) is 6.74. The smallest absolute Gasteiger partial charge is 0.0638 e. The van der Waals surface area contributed by atoms with Crippen LogP contribution >= 0.6 is 0 Å². The summed E-state index contributed by atoms with van der Waals surface area (Å²) in [5.74, 6) is 0. The van der Waals surface area contributed by atoms with Crippen molar-refractivity contribution in [3.8, 4) is 6.07 Å². The van der Waals surface area contributed by atoms with E-state index in [0.29, 0.717) is 6.42 Å². The highest BCUT2D eigenvalue weighted by Gasteiger charge is 2.02. The molecular formula is C11H15N3. The molecule has 0 aliphatic carbocycles. The van der Waals surface area contributed by atoms with Crippen LogP contribution in [0.25, 0.3) is 0 Å². The zero-order valence-corrected chi connectivity index (χ0v) is 8.62. The number of hydrogen-bond acceptors (Lipinski definition) is 3. The van der Waals surface area contributed by atoms with E-state index in [1.54, 1.807) is 6.20 Å². The highest BCUT2D eigenvalue weighted by atomic mass is 14.9. The lowest BCUT2D eigenvalue weighted by atomic mass is 10.2. The van der Waals surface area contributed by atoms with Gasteiger partial charge in [-0.3, -0.25) is 4.98 Å². The summed E-state index contributed by atoms with van der Waals surface area (Å²) in [6.07, 6.45) is 2.32. The number of nitriles is 1. The zero-order valence-electron chi connectivity index (χ0n) is 8.62. The van der Waals surface area contributed by atoms with Crippen molar-refractivity contribution in [3.63, 3.8) is 0 Å². The van der Waals surface area contributed by atoms with Crippen LogP contribution in [0.4, 0.5) is 0 Å². The molecular weight excluding hydrogens is 174 g/mol. The summed E-state index contributed by atoms with van der Waals surface area (Å²) >= 11 is 0. The van der Waals surface area contributed by atoms with Gasteiger partial charge in [0.25, 0.3) is 0 Å². The van der Waals surface area contributed by atoms with E-state index in [4.69, 9.17) is 5.26 Å². The molecule has 1 heterocycles. The molecule has 1 unspecified atom stereocenters. The van der Waals surface area contributed by atoms with Gasteiger partial charge in [-0.15, -0.1) is 0 Å². The molecule has 3 heteroatoms. The third-order valence-electron chi connectivity index (χ3n) is 2.13. The molecule has 14 heavy (non-hydrogen) atoms. The van der Waals surface area contributed by atoms with Crippen molar-refractivity contribution in [1.82, 2.24) is 10.3 Å². The van der Waals surface area contributed by atoms with Gasteiger partial charge < -0.3 is 5.32 Å². The molecule has 1 aromatic rings. The molecule has 3 nitrogen and oxygen atoms in total. The van der Waals surface area contributed by atoms with Gasteiger partial charge in [-0.05, 0) is 25.5 Å². The van der Waals surface area contributed by atoms with E-state index < -0.39 is 0 Å².